The number of hydrogen-bond acceptors (Lipinski definition) is 13. The molecule has 0 aromatic carbocycles. The highest BCUT2D eigenvalue weighted by Crippen LogP contribution is 2.30. The third-order valence-corrected chi connectivity index (χ3v) is 16.1. The summed E-state index contributed by atoms with van der Waals surface area (Å²) in [6, 6.07) is -0.921. The largest absolute Gasteiger partial charge is 0.394 e. The average Bonchev–Trinajstić information content (AvgIpc) is 3.18. The molecule has 2 fully saturated rings. The second-order valence-electron chi connectivity index (χ2n) is 23.6. The fraction of sp³-hybridized carbons (Fsp3) is 0.786. The lowest BCUT2D eigenvalue weighted by atomic mass is 9.97. The van der Waals surface area contributed by atoms with Crippen molar-refractivity contribution in [3.63, 3.8) is 0 Å². The van der Waals surface area contributed by atoms with Crippen molar-refractivity contribution in [2.24, 2.45) is 0 Å². The molecule has 14 nitrogen and oxygen atoms in total. The predicted molar refractivity (Wildman–Crippen MR) is 341 cm³/mol. The van der Waals surface area contributed by atoms with Crippen molar-refractivity contribution < 1.29 is 64.6 Å². The van der Waals surface area contributed by atoms with E-state index in [9.17, 15) is 45.6 Å². The second-order valence-corrected chi connectivity index (χ2v) is 23.6. The molecule has 0 radical (unpaired) electrons. The molecule has 0 bridgehead atoms. The minimum absolute atomic E-state index is 0.243. The highest BCUT2D eigenvalue weighted by Gasteiger charge is 2.51. The third-order valence-electron chi connectivity index (χ3n) is 16.1. The number of amides is 1. The monoisotopic (exact) mass is 1190 g/mol. The molecule has 2 aliphatic rings. The van der Waals surface area contributed by atoms with Crippen LogP contribution in [-0.2, 0) is 23.7 Å². The molecule has 2 aliphatic heterocycles. The maximum atomic E-state index is 13.3. The van der Waals surface area contributed by atoms with E-state index >= 15 is 0 Å². The van der Waals surface area contributed by atoms with Crippen LogP contribution in [0.4, 0.5) is 0 Å². The molecule has 1 amide bonds. The van der Waals surface area contributed by atoms with Crippen LogP contribution in [0.5, 0.6) is 0 Å². The SMILES string of the molecule is CC/C=C\C/C=C\C/C=C\C/C=C\C/C=C\C/C=C\CCCCCCCCCCCCCCC(=O)NC(COC1OC(CO)C(OC2OC(CO)C(O)C(O)C2O)C(O)C1O)C(O)/C=C/CCCCCCCCCCCCCCCCCCC. The van der Waals surface area contributed by atoms with E-state index in [4.69, 9.17) is 18.9 Å². The third kappa shape index (κ3) is 38.4. The van der Waals surface area contributed by atoms with Crippen molar-refractivity contribution in [2.75, 3.05) is 19.8 Å². The summed E-state index contributed by atoms with van der Waals surface area (Å²) in [6.07, 6.45) is 57.6. The van der Waals surface area contributed by atoms with Gasteiger partial charge >= 0.3 is 0 Å². The molecule has 486 valence electrons. The molecule has 12 unspecified atom stereocenters. The average molecular weight is 1190 g/mol. The first-order valence-electron chi connectivity index (χ1n) is 33.8. The van der Waals surface area contributed by atoms with E-state index in [0.29, 0.717) is 6.42 Å². The number of ether oxygens (including phenoxy) is 4. The smallest absolute Gasteiger partial charge is 0.220 e. The molecule has 2 heterocycles. The lowest BCUT2D eigenvalue weighted by molar-refractivity contribution is -0.359. The van der Waals surface area contributed by atoms with Crippen molar-refractivity contribution in [1.29, 1.82) is 0 Å². The Labute approximate surface area is 510 Å². The van der Waals surface area contributed by atoms with Gasteiger partial charge in [-0.3, -0.25) is 4.79 Å². The van der Waals surface area contributed by atoms with Crippen molar-refractivity contribution in [1.82, 2.24) is 5.32 Å². The van der Waals surface area contributed by atoms with Gasteiger partial charge in [0.25, 0.3) is 0 Å². The van der Waals surface area contributed by atoms with E-state index in [1.54, 1.807) is 6.08 Å². The van der Waals surface area contributed by atoms with Gasteiger partial charge in [0.15, 0.2) is 12.6 Å². The van der Waals surface area contributed by atoms with Crippen LogP contribution in [0, 0.1) is 0 Å². The minimum atomic E-state index is -1.79. The number of allylic oxidation sites excluding steroid dienone is 13. The Hall–Kier alpha value is -2.83. The molecule has 0 aliphatic carbocycles. The Morgan fingerprint density at radius 3 is 1.26 bits per heavy atom. The van der Waals surface area contributed by atoms with Crippen molar-refractivity contribution >= 4 is 5.91 Å². The van der Waals surface area contributed by atoms with Crippen LogP contribution in [0.2, 0.25) is 0 Å². The molecule has 9 N–H and O–H groups in total. The van der Waals surface area contributed by atoms with Crippen molar-refractivity contribution in [3.05, 3.63) is 85.1 Å². The number of aliphatic hydroxyl groups excluding tert-OH is 8. The van der Waals surface area contributed by atoms with Crippen LogP contribution >= 0.6 is 0 Å². The molecule has 14 heteroatoms. The first-order chi connectivity index (χ1) is 41.1. The summed E-state index contributed by atoms with van der Waals surface area (Å²) in [5.41, 5.74) is 0. The molecule has 0 saturated carbocycles. The first kappa shape index (κ1) is 77.3. The molecular weight excluding hydrogens is 1060 g/mol. The topological polar surface area (TPSA) is 228 Å². The van der Waals surface area contributed by atoms with Crippen LogP contribution in [0.1, 0.15) is 258 Å². The van der Waals surface area contributed by atoms with Gasteiger partial charge in [-0.25, -0.2) is 0 Å². The fourth-order valence-corrected chi connectivity index (χ4v) is 10.7. The summed E-state index contributed by atoms with van der Waals surface area (Å²) in [7, 11) is 0. The van der Waals surface area contributed by atoms with Crippen molar-refractivity contribution in [3.8, 4) is 0 Å². The van der Waals surface area contributed by atoms with Crippen molar-refractivity contribution in [2.45, 2.75) is 331 Å². The first-order valence-corrected chi connectivity index (χ1v) is 33.8. The normalized spacial score (nSPS) is 24.2. The van der Waals surface area contributed by atoms with Gasteiger partial charge in [0.2, 0.25) is 5.91 Å². The number of nitrogens with one attached hydrogen (secondary N) is 1. The molecule has 12 atom stereocenters. The highest BCUT2D eigenvalue weighted by atomic mass is 16.7. The van der Waals surface area contributed by atoms with Crippen LogP contribution < -0.4 is 5.32 Å². The summed E-state index contributed by atoms with van der Waals surface area (Å²) in [5.74, 6) is -0.243. The van der Waals surface area contributed by atoms with Crippen LogP contribution in [0.3, 0.4) is 0 Å². The molecular formula is C70H123NO13. The van der Waals surface area contributed by atoms with E-state index in [1.807, 2.05) is 6.08 Å². The zero-order chi connectivity index (χ0) is 60.9. The van der Waals surface area contributed by atoms with Gasteiger partial charge in [-0.1, -0.05) is 266 Å². The summed E-state index contributed by atoms with van der Waals surface area (Å²) in [5, 5.41) is 87.4. The van der Waals surface area contributed by atoms with Gasteiger partial charge in [-0.05, 0) is 70.6 Å². The molecule has 0 spiro atoms. The van der Waals surface area contributed by atoms with E-state index in [2.05, 4.69) is 92.1 Å². The highest BCUT2D eigenvalue weighted by molar-refractivity contribution is 5.76. The molecule has 2 rings (SSSR count). The molecule has 84 heavy (non-hydrogen) atoms. The van der Waals surface area contributed by atoms with E-state index in [0.717, 1.165) is 83.5 Å². The zero-order valence-electron chi connectivity index (χ0n) is 52.6. The number of carbonyl (C=O) groups excluding carboxylic acids is 1. The number of carbonyl (C=O) groups is 1. The molecule has 0 aromatic heterocycles. The van der Waals surface area contributed by atoms with Gasteiger partial charge in [-0.15, -0.1) is 0 Å². The maximum absolute atomic E-state index is 13.3. The van der Waals surface area contributed by atoms with Gasteiger partial charge in [0.05, 0.1) is 32.0 Å². The number of aliphatic hydroxyl groups is 8. The second kappa shape index (κ2) is 54.3. The summed E-state index contributed by atoms with van der Waals surface area (Å²) < 4.78 is 22.8. The van der Waals surface area contributed by atoms with Crippen LogP contribution in [0.15, 0.2) is 85.1 Å². The maximum Gasteiger partial charge on any atom is 0.220 e. The Morgan fingerprint density at radius 1 is 0.440 bits per heavy atom. The fourth-order valence-electron chi connectivity index (χ4n) is 10.7. The lowest BCUT2D eigenvalue weighted by Gasteiger charge is -2.46. The Bertz CT molecular complexity index is 1730. The summed E-state index contributed by atoms with van der Waals surface area (Å²) in [6.45, 7) is 2.70. The Kier molecular flexibility index (Phi) is 50.0. The Balaban J connectivity index is 1.69. The van der Waals surface area contributed by atoms with E-state index in [1.165, 1.54) is 148 Å². The number of hydrogen-bond donors (Lipinski definition) is 9. The zero-order valence-corrected chi connectivity index (χ0v) is 52.6. The summed E-state index contributed by atoms with van der Waals surface area (Å²) >= 11 is 0. The minimum Gasteiger partial charge on any atom is -0.394 e. The lowest BCUT2D eigenvalue weighted by Crippen LogP contribution is -2.65. The number of unbranched alkanes of at least 4 members (excludes halogenated alkanes) is 29. The van der Waals surface area contributed by atoms with Crippen LogP contribution in [-0.4, -0.2) is 140 Å². The molecule has 2 saturated heterocycles. The van der Waals surface area contributed by atoms with Gasteiger partial charge in [-0.2, -0.15) is 0 Å². The van der Waals surface area contributed by atoms with E-state index in [-0.39, 0.29) is 18.9 Å². The number of rotatable bonds is 54. The van der Waals surface area contributed by atoms with Gasteiger partial charge < -0.3 is 65.1 Å². The van der Waals surface area contributed by atoms with Gasteiger partial charge in [0, 0.05) is 6.42 Å². The molecule has 0 aromatic rings. The quantitative estimate of drug-likeness (QED) is 0.0204. The van der Waals surface area contributed by atoms with Gasteiger partial charge in [0.1, 0.15) is 48.8 Å². The Morgan fingerprint density at radius 2 is 0.821 bits per heavy atom. The summed E-state index contributed by atoms with van der Waals surface area (Å²) in [4.78, 5) is 13.3. The standard InChI is InChI=1S/C70H123NO13/c1-3-5-7-9-11-13-15-17-19-21-23-24-25-26-27-28-29-30-31-32-33-34-36-38-40-42-44-46-48-50-52-54-62(75)71-58(59(74)53-51-49-47-45-43-41-39-37-35-22-20-18-16-14-12-10-8-6-4-2)57-81-69-67(80)65(78)68(61(56-73)83-69)84-70-66(79)64(77)63(76)60(55-72)82-70/h5,7,11,13,17,19,23-24,26-27,29-30,51,53,58-61,63-70,72-74,76-80H,3-4,6,8-10,12,14-16,18,20-22,25,28,31-50,52,54-57H2,1-2H3,(H,71,75)/b7-5-,13-11-,19-17-,24-23-,27-26-,30-29-,53-51+. The predicted octanol–water partition coefficient (Wildman–Crippen LogP) is 13.2. The van der Waals surface area contributed by atoms with Crippen LogP contribution in [0.25, 0.3) is 0 Å². The van der Waals surface area contributed by atoms with E-state index < -0.39 is 86.8 Å².